The molecule has 0 fully saturated rings. The van der Waals surface area contributed by atoms with Crippen molar-refractivity contribution >= 4 is 29.9 Å². The molecular formula is C18H28IN5O2. The van der Waals surface area contributed by atoms with Crippen LogP contribution >= 0.6 is 24.0 Å². The summed E-state index contributed by atoms with van der Waals surface area (Å²) < 4.78 is 12.7. The second kappa shape index (κ2) is 11.6. The predicted octanol–water partition coefficient (Wildman–Crippen LogP) is 2.52. The van der Waals surface area contributed by atoms with Crippen molar-refractivity contribution in [3.63, 3.8) is 0 Å². The number of guanidine groups is 1. The van der Waals surface area contributed by atoms with Gasteiger partial charge >= 0.3 is 0 Å². The van der Waals surface area contributed by atoms with Gasteiger partial charge in [0.2, 0.25) is 0 Å². The summed E-state index contributed by atoms with van der Waals surface area (Å²) in [7, 11) is 7.36. The van der Waals surface area contributed by atoms with Crippen molar-refractivity contribution in [3.8, 4) is 11.5 Å². The number of nitrogens with zero attached hydrogens (tertiary/aromatic N) is 4. The summed E-state index contributed by atoms with van der Waals surface area (Å²) in [5, 5.41) is 7.54. The number of aromatic nitrogens is 2. The molecule has 144 valence electrons. The fraction of sp³-hybridized carbons (Fsp3) is 0.444. The summed E-state index contributed by atoms with van der Waals surface area (Å²) in [6.45, 7) is 2.17. The Balaban J connectivity index is 0.00000338. The zero-order chi connectivity index (χ0) is 18.1. The van der Waals surface area contributed by atoms with Gasteiger partial charge in [0, 0.05) is 52.1 Å². The Labute approximate surface area is 172 Å². The Morgan fingerprint density at radius 3 is 2.77 bits per heavy atom. The largest absolute Gasteiger partial charge is 0.497 e. The second-order valence-electron chi connectivity index (χ2n) is 5.73. The summed E-state index contributed by atoms with van der Waals surface area (Å²) in [5.41, 5.74) is 1.15. The van der Waals surface area contributed by atoms with Crippen LogP contribution < -0.4 is 14.8 Å². The van der Waals surface area contributed by atoms with E-state index in [9.17, 15) is 0 Å². The smallest absolute Gasteiger partial charge is 0.193 e. The third-order valence-corrected chi connectivity index (χ3v) is 3.67. The number of nitrogens with one attached hydrogen (secondary N) is 1. The molecule has 0 aliphatic rings. The van der Waals surface area contributed by atoms with Crippen LogP contribution in [0.5, 0.6) is 11.5 Å². The van der Waals surface area contributed by atoms with Gasteiger partial charge in [0.25, 0.3) is 0 Å². The first-order valence-electron chi connectivity index (χ1n) is 8.28. The molecule has 2 rings (SSSR count). The van der Waals surface area contributed by atoms with E-state index in [2.05, 4.69) is 20.3 Å². The van der Waals surface area contributed by atoms with E-state index >= 15 is 0 Å². The number of hydrogen-bond donors (Lipinski definition) is 1. The minimum Gasteiger partial charge on any atom is -0.497 e. The van der Waals surface area contributed by atoms with Gasteiger partial charge in [0.15, 0.2) is 5.96 Å². The lowest BCUT2D eigenvalue weighted by Gasteiger charge is -2.21. The van der Waals surface area contributed by atoms with E-state index in [1.165, 1.54) is 0 Å². The molecule has 0 amide bonds. The molecule has 1 aromatic heterocycles. The van der Waals surface area contributed by atoms with E-state index in [0.29, 0.717) is 6.61 Å². The van der Waals surface area contributed by atoms with E-state index in [4.69, 9.17) is 9.47 Å². The molecule has 0 spiro atoms. The van der Waals surface area contributed by atoms with Crippen LogP contribution in [0.1, 0.15) is 12.0 Å². The number of rotatable bonds is 8. The molecule has 0 aliphatic heterocycles. The topological polar surface area (TPSA) is 63.9 Å². The maximum atomic E-state index is 5.74. The molecule has 1 heterocycles. The van der Waals surface area contributed by atoms with Gasteiger partial charge in [-0.05, 0) is 18.6 Å². The first kappa shape index (κ1) is 22.1. The van der Waals surface area contributed by atoms with Gasteiger partial charge in [-0.1, -0.05) is 6.07 Å². The molecule has 2 aromatic rings. The van der Waals surface area contributed by atoms with Crippen molar-refractivity contribution in [2.24, 2.45) is 12.0 Å². The molecule has 0 saturated carbocycles. The number of ether oxygens (including phenoxy) is 2. The first-order valence-corrected chi connectivity index (χ1v) is 8.28. The monoisotopic (exact) mass is 473 g/mol. The molecule has 1 N–H and O–H groups in total. The quantitative estimate of drug-likeness (QED) is 0.276. The Morgan fingerprint density at radius 2 is 2.12 bits per heavy atom. The lowest BCUT2D eigenvalue weighted by molar-refractivity contribution is 0.307. The summed E-state index contributed by atoms with van der Waals surface area (Å²) >= 11 is 0. The van der Waals surface area contributed by atoms with Gasteiger partial charge in [-0.2, -0.15) is 5.10 Å². The summed E-state index contributed by atoms with van der Waals surface area (Å²) in [6.07, 6.45) is 4.74. The van der Waals surface area contributed by atoms with E-state index in [-0.39, 0.29) is 24.0 Å². The lowest BCUT2D eigenvalue weighted by atomic mass is 10.3. The number of halogens is 1. The molecule has 1 aromatic carbocycles. The zero-order valence-corrected chi connectivity index (χ0v) is 18.1. The summed E-state index contributed by atoms with van der Waals surface area (Å²) in [4.78, 5) is 6.39. The number of aliphatic imine (C=N–C) groups is 1. The average Bonchev–Trinajstić information content (AvgIpc) is 3.03. The van der Waals surface area contributed by atoms with Crippen LogP contribution in [-0.4, -0.2) is 55.0 Å². The summed E-state index contributed by atoms with van der Waals surface area (Å²) in [6, 6.07) is 7.63. The maximum absolute atomic E-state index is 5.74. The van der Waals surface area contributed by atoms with Crippen molar-refractivity contribution in [2.45, 2.75) is 13.0 Å². The summed E-state index contributed by atoms with van der Waals surface area (Å²) in [5.74, 6) is 2.47. The standard InChI is InChI=1S/C18H27N5O2.HI/c1-19-18(22(2)13-15-12-21-23(3)14-15)20-9-6-10-25-17-8-5-7-16(11-17)24-4;/h5,7-8,11-12,14H,6,9-10,13H2,1-4H3,(H,19,20);1H. The SMILES string of the molecule is CN=C(NCCCOc1cccc(OC)c1)N(C)Cc1cnn(C)c1.I. The lowest BCUT2D eigenvalue weighted by Crippen LogP contribution is -2.39. The predicted molar refractivity (Wildman–Crippen MR) is 115 cm³/mol. The minimum atomic E-state index is 0. The van der Waals surface area contributed by atoms with E-state index in [1.807, 2.05) is 50.8 Å². The van der Waals surface area contributed by atoms with Crippen molar-refractivity contribution in [3.05, 3.63) is 42.2 Å². The van der Waals surface area contributed by atoms with Gasteiger partial charge in [0.05, 0.1) is 19.9 Å². The molecule has 8 heteroatoms. The Bertz CT molecular complexity index is 690. The molecular weight excluding hydrogens is 445 g/mol. The number of hydrogen-bond acceptors (Lipinski definition) is 4. The highest BCUT2D eigenvalue weighted by Gasteiger charge is 2.07. The highest BCUT2D eigenvalue weighted by molar-refractivity contribution is 14.0. The van der Waals surface area contributed by atoms with E-state index in [0.717, 1.165) is 42.5 Å². The molecule has 0 radical (unpaired) electrons. The maximum Gasteiger partial charge on any atom is 0.193 e. The Hall–Kier alpha value is -1.97. The third-order valence-electron chi connectivity index (χ3n) is 3.67. The Morgan fingerprint density at radius 1 is 1.35 bits per heavy atom. The zero-order valence-electron chi connectivity index (χ0n) is 15.8. The van der Waals surface area contributed by atoms with Gasteiger partial charge in [-0.15, -0.1) is 24.0 Å². The number of benzene rings is 1. The molecule has 0 bridgehead atoms. The van der Waals surface area contributed by atoms with Crippen molar-refractivity contribution in [2.75, 3.05) is 34.4 Å². The molecule has 0 aliphatic carbocycles. The van der Waals surface area contributed by atoms with Crippen LogP contribution in [0, 0.1) is 0 Å². The molecule has 0 saturated heterocycles. The van der Waals surface area contributed by atoms with Crippen molar-refractivity contribution < 1.29 is 9.47 Å². The van der Waals surface area contributed by atoms with Crippen LogP contribution in [0.3, 0.4) is 0 Å². The fourth-order valence-corrected chi connectivity index (χ4v) is 2.44. The second-order valence-corrected chi connectivity index (χ2v) is 5.73. The Kier molecular flexibility index (Phi) is 9.85. The van der Waals surface area contributed by atoms with Gasteiger partial charge < -0.3 is 19.7 Å². The van der Waals surface area contributed by atoms with Gasteiger partial charge in [-0.25, -0.2) is 0 Å². The van der Waals surface area contributed by atoms with Crippen LogP contribution in [0.4, 0.5) is 0 Å². The highest BCUT2D eigenvalue weighted by atomic mass is 127. The number of methoxy groups -OCH3 is 1. The van der Waals surface area contributed by atoms with Crippen LogP contribution in [0.25, 0.3) is 0 Å². The first-order chi connectivity index (χ1) is 12.1. The molecule has 0 atom stereocenters. The van der Waals surface area contributed by atoms with E-state index in [1.54, 1.807) is 18.8 Å². The average molecular weight is 473 g/mol. The fourth-order valence-electron chi connectivity index (χ4n) is 2.44. The minimum absolute atomic E-state index is 0. The van der Waals surface area contributed by atoms with Gasteiger partial charge in [-0.3, -0.25) is 9.67 Å². The number of aryl methyl sites for hydroxylation is 1. The van der Waals surface area contributed by atoms with Crippen molar-refractivity contribution in [1.29, 1.82) is 0 Å². The van der Waals surface area contributed by atoms with E-state index < -0.39 is 0 Å². The van der Waals surface area contributed by atoms with Crippen LogP contribution in [-0.2, 0) is 13.6 Å². The third kappa shape index (κ3) is 7.11. The van der Waals surface area contributed by atoms with Crippen LogP contribution in [0.2, 0.25) is 0 Å². The van der Waals surface area contributed by atoms with Crippen LogP contribution in [0.15, 0.2) is 41.7 Å². The normalized spacial score (nSPS) is 10.8. The molecule has 7 nitrogen and oxygen atoms in total. The van der Waals surface area contributed by atoms with Gasteiger partial charge in [0.1, 0.15) is 11.5 Å². The highest BCUT2D eigenvalue weighted by Crippen LogP contribution is 2.18. The molecule has 0 unspecified atom stereocenters. The van der Waals surface area contributed by atoms with Crippen molar-refractivity contribution in [1.82, 2.24) is 20.0 Å². The molecule has 26 heavy (non-hydrogen) atoms.